The zero-order valence-electron chi connectivity index (χ0n) is 10.3. The minimum atomic E-state index is 0.214. The van der Waals surface area contributed by atoms with Crippen molar-refractivity contribution in [2.45, 2.75) is 24.8 Å². The summed E-state index contributed by atoms with van der Waals surface area (Å²) in [5, 5.41) is 9.92. The molecule has 0 atom stereocenters. The van der Waals surface area contributed by atoms with Gasteiger partial charge in [0.15, 0.2) is 0 Å². The summed E-state index contributed by atoms with van der Waals surface area (Å²) < 4.78 is 5.76. The highest BCUT2D eigenvalue weighted by Gasteiger charge is 2.10. The molecule has 0 spiro atoms. The van der Waals surface area contributed by atoms with Crippen molar-refractivity contribution >= 4 is 12.6 Å². The number of ether oxygens (including phenoxy) is 1. The maximum atomic E-state index is 9.92. The van der Waals surface area contributed by atoms with Gasteiger partial charge >= 0.3 is 0 Å². The largest absolute Gasteiger partial charge is 0.506 e. The topological polar surface area (TPSA) is 29.5 Å². The molecule has 1 N–H and O–H groups in total. The normalized spacial score (nSPS) is 10.3. The summed E-state index contributed by atoms with van der Waals surface area (Å²) in [5.74, 6) is 0.933. The SMILES string of the molecule is CCc1c(OCc2ccccc2)ccc(S)c1O. The van der Waals surface area contributed by atoms with Crippen molar-refractivity contribution in [3.8, 4) is 11.5 Å². The van der Waals surface area contributed by atoms with E-state index >= 15 is 0 Å². The lowest BCUT2D eigenvalue weighted by Crippen LogP contribution is -1.98. The molecule has 0 radical (unpaired) electrons. The van der Waals surface area contributed by atoms with E-state index in [1.54, 1.807) is 6.07 Å². The molecule has 94 valence electrons. The number of aromatic hydroxyl groups is 1. The van der Waals surface area contributed by atoms with Gasteiger partial charge in [0.2, 0.25) is 0 Å². The third kappa shape index (κ3) is 2.79. The first-order valence-corrected chi connectivity index (χ1v) is 6.37. The van der Waals surface area contributed by atoms with Gasteiger partial charge in [0.1, 0.15) is 18.1 Å². The molecule has 0 bridgehead atoms. The molecule has 2 rings (SSSR count). The van der Waals surface area contributed by atoms with Crippen molar-refractivity contribution in [3.63, 3.8) is 0 Å². The number of benzene rings is 2. The summed E-state index contributed by atoms with van der Waals surface area (Å²) in [5.41, 5.74) is 1.91. The van der Waals surface area contributed by atoms with Crippen molar-refractivity contribution in [2.24, 2.45) is 0 Å². The molecule has 0 aliphatic carbocycles. The quantitative estimate of drug-likeness (QED) is 0.818. The lowest BCUT2D eigenvalue weighted by Gasteiger charge is -2.13. The predicted molar refractivity (Wildman–Crippen MR) is 75.5 cm³/mol. The summed E-state index contributed by atoms with van der Waals surface area (Å²) in [6, 6.07) is 13.6. The van der Waals surface area contributed by atoms with Gasteiger partial charge < -0.3 is 9.84 Å². The summed E-state index contributed by atoms with van der Waals surface area (Å²) in [6.45, 7) is 2.48. The fourth-order valence-corrected chi connectivity index (χ4v) is 2.03. The van der Waals surface area contributed by atoms with Gasteiger partial charge in [0.25, 0.3) is 0 Å². The van der Waals surface area contributed by atoms with Crippen LogP contribution in [0.1, 0.15) is 18.1 Å². The lowest BCUT2D eigenvalue weighted by atomic mass is 10.1. The van der Waals surface area contributed by atoms with Crippen LogP contribution in [0.5, 0.6) is 11.5 Å². The third-order valence-electron chi connectivity index (χ3n) is 2.81. The van der Waals surface area contributed by atoms with Crippen molar-refractivity contribution in [1.82, 2.24) is 0 Å². The van der Waals surface area contributed by atoms with Crippen molar-refractivity contribution in [3.05, 3.63) is 53.6 Å². The first-order chi connectivity index (χ1) is 8.72. The Morgan fingerprint density at radius 2 is 1.83 bits per heavy atom. The number of hydrogen-bond donors (Lipinski definition) is 2. The molecule has 0 heterocycles. The first-order valence-electron chi connectivity index (χ1n) is 5.93. The second-order valence-electron chi connectivity index (χ2n) is 4.04. The van der Waals surface area contributed by atoms with E-state index in [1.165, 1.54) is 0 Å². The van der Waals surface area contributed by atoms with E-state index in [9.17, 15) is 5.11 Å². The standard InChI is InChI=1S/C15H16O2S/c1-2-12-13(8-9-14(18)15(12)16)17-10-11-6-4-3-5-7-11/h3-9,16,18H,2,10H2,1H3. The van der Waals surface area contributed by atoms with Crippen LogP contribution in [0.4, 0.5) is 0 Å². The molecule has 2 nitrogen and oxygen atoms in total. The number of rotatable bonds is 4. The van der Waals surface area contributed by atoms with E-state index in [0.29, 0.717) is 17.9 Å². The Kier molecular flexibility index (Phi) is 4.15. The Balaban J connectivity index is 2.17. The van der Waals surface area contributed by atoms with Crippen molar-refractivity contribution < 1.29 is 9.84 Å². The van der Waals surface area contributed by atoms with Crippen LogP contribution in [-0.4, -0.2) is 5.11 Å². The van der Waals surface area contributed by atoms with E-state index < -0.39 is 0 Å². The van der Waals surface area contributed by atoms with Crippen molar-refractivity contribution in [2.75, 3.05) is 0 Å². The van der Waals surface area contributed by atoms with Crippen LogP contribution in [0.2, 0.25) is 0 Å². The average Bonchev–Trinajstić information content (AvgIpc) is 2.41. The summed E-state index contributed by atoms with van der Waals surface area (Å²) in [7, 11) is 0. The number of phenolic OH excluding ortho intramolecular Hbond substituents is 1. The maximum Gasteiger partial charge on any atom is 0.135 e. The molecule has 2 aromatic rings. The Morgan fingerprint density at radius 1 is 1.11 bits per heavy atom. The molecule has 2 aromatic carbocycles. The summed E-state index contributed by atoms with van der Waals surface area (Å²) >= 11 is 4.20. The Labute approximate surface area is 113 Å². The smallest absolute Gasteiger partial charge is 0.135 e. The van der Waals surface area contributed by atoms with Gasteiger partial charge in [0, 0.05) is 10.5 Å². The van der Waals surface area contributed by atoms with Crippen LogP contribution in [0.3, 0.4) is 0 Å². The zero-order valence-corrected chi connectivity index (χ0v) is 11.2. The fraction of sp³-hybridized carbons (Fsp3) is 0.200. The monoisotopic (exact) mass is 260 g/mol. The molecular formula is C15H16O2S. The van der Waals surface area contributed by atoms with E-state index in [2.05, 4.69) is 12.6 Å². The second-order valence-corrected chi connectivity index (χ2v) is 4.52. The second kappa shape index (κ2) is 5.83. The zero-order chi connectivity index (χ0) is 13.0. The average molecular weight is 260 g/mol. The molecule has 0 aliphatic heterocycles. The third-order valence-corrected chi connectivity index (χ3v) is 3.17. The van der Waals surface area contributed by atoms with Crippen LogP contribution < -0.4 is 4.74 Å². The maximum absolute atomic E-state index is 9.92. The highest BCUT2D eigenvalue weighted by atomic mass is 32.1. The van der Waals surface area contributed by atoms with Crippen LogP contribution >= 0.6 is 12.6 Å². The van der Waals surface area contributed by atoms with Gasteiger partial charge in [0.05, 0.1) is 0 Å². The minimum absolute atomic E-state index is 0.214. The molecule has 3 heteroatoms. The van der Waals surface area contributed by atoms with Crippen LogP contribution in [0.15, 0.2) is 47.4 Å². The van der Waals surface area contributed by atoms with E-state index in [-0.39, 0.29) is 5.75 Å². The van der Waals surface area contributed by atoms with Crippen LogP contribution in [-0.2, 0) is 13.0 Å². The van der Waals surface area contributed by atoms with Crippen LogP contribution in [0.25, 0.3) is 0 Å². The fourth-order valence-electron chi connectivity index (χ4n) is 1.82. The first kappa shape index (κ1) is 12.8. The molecule has 0 saturated carbocycles. The summed E-state index contributed by atoms with van der Waals surface area (Å²) in [4.78, 5) is 0.582. The lowest BCUT2D eigenvalue weighted by molar-refractivity contribution is 0.300. The molecule has 0 aliphatic rings. The van der Waals surface area contributed by atoms with Gasteiger partial charge in [-0.15, -0.1) is 12.6 Å². The molecule has 0 aromatic heterocycles. The number of thiol groups is 1. The van der Waals surface area contributed by atoms with E-state index in [1.807, 2.05) is 43.3 Å². The van der Waals surface area contributed by atoms with Gasteiger partial charge in [-0.3, -0.25) is 0 Å². The number of hydrogen-bond acceptors (Lipinski definition) is 3. The highest BCUT2D eigenvalue weighted by Crippen LogP contribution is 2.34. The summed E-state index contributed by atoms with van der Waals surface area (Å²) in [6.07, 6.45) is 0.713. The van der Waals surface area contributed by atoms with E-state index in [0.717, 1.165) is 16.9 Å². The van der Waals surface area contributed by atoms with Crippen molar-refractivity contribution in [1.29, 1.82) is 0 Å². The molecular weight excluding hydrogens is 244 g/mol. The van der Waals surface area contributed by atoms with Crippen LogP contribution in [0, 0.1) is 0 Å². The van der Waals surface area contributed by atoms with Gasteiger partial charge in [-0.1, -0.05) is 37.3 Å². The Morgan fingerprint density at radius 3 is 2.50 bits per heavy atom. The highest BCUT2D eigenvalue weighted by molar-refractivity contribution is 7.80. The molecule has 0 unspecified atom stereocenters. The van der Waals surface area contributed by atoms with Gasteiger partial charge in [-0.25, -0.2) is 0 Å². The minimum Gasteiger partial charge on any atom is -0.506 e. The molecule has 18 heavy (non-hydrogen) atoms. The molecule has 0 fully saturated rings. The molecule has 0 saturated heterocycles. The Hall–Kier alpha value is -1.61. The Bertz CT molecular complexity index is 524. The van der Waals surface area contributed by atoms with Gasteiger partial charge in [-0.05, 0) is 24.1 Å². The van der Waals surface area contributed by atoms with E-state index in [4.69, 9.17) is 4.74 Å². The predicted octanol–water partition coefficient (Wildman–Crippen LogP) is 3.82. The number of phenols is 1. The molecule has 0 amide bonds. The van der Waals surface area contributed by atoms with Gasteiger partial charge in [-0.2, -0.15) is 0 Å².